The van der Waals surface area contributed by atoms with E-state index in [1.54, 1.807) is 12.1 Å². The van der Waals surface area contributed by atoms with E-state index in [-0.39, 0.29) is 24.2 Å². The number of halogens is 4. The van der Waals surface area contributed by atoms with Crippen molar-refractivity contribution in [3.8, 4) is 5.75 Å². The van der Waals surface area contributed by atoms with E-state index in [1.807, 2.05) is 6.07 Å². The predicted octanol–water partition coefficient (Wildman–Crippen LogP) is 4.14. The third-order valence-electron chi connectivity index (χ3n) is 4.82. The SMILES string of the molecule is Cl.FC(F)(F)Oc1cccc([C@H](C2CCCC2)N2CCNCC2)c1. The van der Waals surface area contributed by atoms with Crippen molar-refractivity contribution in [2.45, 2.75) is 38.1 Å². The van der Waals surface area contributed by atoms with Crippen LogP contribution < -0.4 is 10.1 Å². The van der Waals surface area contributed by atoms with Gasteiger partial charge in [0.25, 0.3) is 0 Å². The van der Waals surface area contributed by atoms with Gasteiger partial charge < -0.3 is 10.1 Å². The quantitative estimate of drug-likeness (QED) is 0.868. The molecule has 1 atom stereocenters. The molecule has 24 heavy (non-hydrogen) atoms. The van der Waals surface area contributed by atoms with Gasteiger partial charge in [-0.2, -0.15) is 0 Å². The molecule has 1 heterocycles. The van der Waals surface area contributed by atoms with E-state index in [1.165, 1.54) is 18.9 Å². The summed E-state index contributed by atoms with van der Waals surface area (Å²) >= 11 is 0. The van der Waals surface area contributed by atoms with Crippen molar-refractivity contribution >= 4 is 12.4 Å². The molecule has 1 aliphatic carbocycles. The highest BCUT2D eigenvalue weighted by atomic mass is 35.5. The highest BCUT2D eigenvalue weighted by molar-refractivity contribution is 5.85. The van der Waals surface area contributed by atoms with Crippen LogP contribution in [0, 0.1) is 5.92 Å². The highest BCUT2D eigenvalue weighted by Gasteiger charge is 2.34. The van der Waals surface area contributed by atoms with Crippen molar-refractivity contribution in [1.82, 2.24) is 10.2 Å². The van der Waals surface area contributed by atoms with Crippen molar-refractivity contribution in [3.63, 3.8) is 0 Å². The third kappa shape index (κ3) is 5.01. The maximum Gasteiger partial charge on any atom is 0.573 e. The second-order valence-electron chi connectivity index (χ2n) is 6.40. The van der Waals surface area contributed by atoms with Crippen molar-refractivity contribution < 1.29 is 17.9 Å². The van der Waals surface area contributed by atoms with Crippen LogP contribution in [0.2, 0.25) is 0 Å². The number of ether oxygens (including phenoxy) is 1. The summed E-state index contributed by atoms with van der Waals surface area (Å²) in [4.78, 5) is 2.42. The first kappa shape index (κ1) is 19.3. The van der Waals surface area contributed by atoms with Crippen molar-refractivity contribution in [2.24, 2.45) is 5.92 Å². The van der Waals surface area contributed by atoms with Crippen LogP contribution in [0.15, 0.2) is 24.3 Å². The standard InChI is InChI=1S/C17H23F3N2O.ClH/c18-17(19,20)23-15-7-3-6-14(12-15)16(13-4-1-2-5-13)22-10-8-21-9-11-22;/h3,6-7,12-13,16,21H,1-2,4-5,8-11H2;1H/t16-;/m0./s1. The first-order chi connectivity index (χ1) is 11.0. The molecule has 2 aliphatic rings. The average molecular weight is 365 g/mol. The molecule has 0 aromatic heterocycles. The molecule has 1 aliphatic heterocycles. The van der Waals surface area contributed by atoms with Gasteiger partial charge in [0.15, 0.2) is 0 Å². The van der Waals surface area contributed by atoms with Crippen molar-refractivity contribution in [3.05, 3.63) is 29.8 Å². The van der Waals surface area contributed by atoms with Gasteiger partial charge in [0.2, 0.25) is 0 Å². The molecule has 1 saturated heterocycles. The van der Waals surface area contributed by atoms with Crippen molar-refractivity contribution in [2.75, 3.05) is 26.2 Å². The Morgan fingerprint density at radius 1 is 1.12 bits per heavy atom. The number of hydrogen-bond donors (Lipinski definition) is 1. The van der Waals surface area contributed by atoms with E-state index >= 15 is 0 Å². The zero-order valence-electron chi connectivity index (χ0n) is 13.5. The largest absolute Gasteiger partial charge is 0.573 e. The Bertz CT molecular complexity index is 515. The lowest BCUT2D eigenvalue weighted by atomic mass is 9.89. The Kier molecular flexibility index (Phi) is 6.78. The highest BCUT2D eigenvalue weighted by Crippen LogP contribution is 2.40. The van der Waals surface area contributed by atoms with Gasteiger partial charge in [-0.25, -0.2) is 0 Å². The van der Waals surface area contributed by atoms with Gasteiger partial charge >= 0.3 is 6.36 Å². The summed E-state index contributed by atoms with van der Waals surface area (Å²) < 4.78 is 41.6. The van der Waals surface area contributed by atoms with Gasteiger partial charge in [-0.15, -0.1) is 25.6 Å². The number of alkyl halides is 3. The van der Waals surface area contributed by atoms with Gasteiger partial charge in [0, 0.05) is 32.2 Å². The van der Waals surface area contributed by atoms with Gasteiger partial charge in [-0.1, -0.05) is 25.0 Å². The summed E-state index contributed by atoms with van der Waals surface area (Å²) in [6.07, 6.45) is 0.0897. The minimum absolute atomic E-state index is 0. The molecule has 3 rings (SSSR count). The topological polar surface area (TPSA) is 24.5 Å². The van der Waals surface area contributed by atoms with Crippen molar-refractivity contribution in [1.29, 1.82) is 0 Å². The maximum absolute atomic E-state index is 12.5. The number of rotatable bonds is 4. The monoisotopic (exact) mass is 364 g/mol. The molecule has 0 radical (unpaired) electrons. The van der Waals surface area contributed by atoms with Gasteiger partial charge in [0.05, 0.1) is 0 Å². The fourth-order valence-electron chi connectivity index (χ4n) is 3.91. The number of hydrogen-bond acceptors (Lipinski definition) is 3. The first-order valence-electron chi connectivity index (χ1n) is 8.33. The molecule has 0 bridgehead atoms. The van der Waals surface area contributed by atoms with Crippen LogP contribution in [0.1, 0.15) is 37.3 Å². The Labute approximate surface area is 147 Å². The van der Waals surface area contributed by atoms with E-state index in [0.717, 1.165) is 44.6 Å². The molecule has 7 heteroatoms. The Morgan fingerprint density at radius 2 is 1.79 bits per heavy atom. The minimum Gasteiger partial charge on any atom is -0.406 e. The molecular weight excluding hydrogens is 341 g/mol. The number of nitrogens with zero attached hydrogens (tertiary/aromatic N) is 1. The lowest BCUT2D eigenvalue weighted by Crippen LogP contribution is -2.46. The second-order valence-corrected chi connectivity index (χ2v) is 6.40. The van der Waals surface area contributed by atoms with Crippen LogP contribution in [0.3, 0.4) is 0 Å². The molecule has 0 spiro atoms. The minimum atomic E-state index is -4.64. The second kappa shape index (κ2) is 8.41. The fourth-order valence-corrected chi connectivity index (χ4v) is 3.91. The van der Waals surface area contributed by atoms with E-state index in [4.69, 9.17) is 0 Å². The third-order valence-corrected chi connectivity index (χ3v) is 4.82. The van der Waals surface area contributed by atoms with Gasteiger partial charge in [-0.3, -0.25) is 4.90 Å². The normalized spacial score (nSPS) is 21.3. The Balaban J connectivity index is 0.00000208. The molecule has 1 N–H and O–H groups in total. The van der Waals surface area contributed by atoms with Crippen LogP contribution in [-0.4, -0.2) is 37.4 Å². The van der Waals surface area contributed by atoms with Crippen LogP contribution >= 0.6 is 12.4 Å². The molecule has 1 aromatic rings. The van der Waals surface area contributed by atoms with Gasteiger partial charge in [0.1, 0.15) is 5.75 Å². The summed E-state index contributed by atoms with van der Waals surface area (Å²) in [5, 5.41) is 3.34. The molecule has 1 aromatic carbocycles. The fraction of sp³-hybridized carbons (Fsp3) is 0.647. The van der Waals surface area contributed by atoms with Crippen LogP contribution in [0.25, 0.3) is 0 Å². The molecular formula is C17H24ClF3N2O. The van der Waals surface area contributed by atoms with Crippen LogP contribution in [0.5, 0.6) is 5.75 Å². The number of benzene rings is 1. The van der Waals surface area contributed by atoms with Gasteiger partial charge in [-0.05, 0) is 36.5 Å². The average Bonchev–Trinajstić information content (AvgIpc) is 3.01. The lowest BCUT2D eigenvalue weighted by Gasteiger charge is -2.38. The molecule has 0 amide bonds. The number of nitrogens with one attached hydrogen (secondary N) is 1. The summed E-state index contributed by atoms with van der Waals surface area (Å²) in [7, 11) is 0. The predicted molar refractivity (Wildman–Crippen MR) is 89.5 cm³/mol. The molecule has 136 valence electrons. The Hall–Kier alpha value is -0.980. The van der Waals surface area contributed by atoms with E-state index in [9.17, 15) is 13.2 Å². The molecule has 2 fully saturated rings. The van der Waals surface area contributed by atoms with E-state index in [2.05, 4.69) is 15.0 Å². The van der Waals surface area contributed by atoms with Crippen LogP contribution in [-0.2, 0) is 0 Å². The molecule has 1 saturated carbocycles. The lowest BCUT2D eigenvalue weighted by molar-refractivity contribution is -0.274. The zero-order valence-corrected chi connectivity index (χ0v) is 14.3. The smallest absolute Gasteiger partial charge is 0.406 e. The number of piperazine rings is 1. The van der Waals surface area contributed by atoms with E-state index < -0.39 is 6.36 Å². The van der Waals surface area contributed by atoms with Crippen LogP contribution in [0.4, 0.5) is 13.2 Å². The summed E-state index contributed by atoms with van der Waals surface area (Å²) in [5.74, 6) is 0.405. The summed E-state index contributed by atoms with van der Waals surface area (Å²) in [5.41, 5.74) is 0.945. The van der Waals surface area contributed by atoms with E-state index in [0.29, 0.717) is 5.92 Å². The molecule has 0 unspecified atom stereocenters. The zero-order chi connectivity index (χ0) is 16.3. The maximum atomic E-state index is 12.5. The summed E-state index contributed by atoms with van der Waals surface area (Å²) in [6, 6.07) is 6.74. The Morgan fingerprint density at radius 3 is 2.42 bits per heavy atom. The first-order valence-corrected chi connectivity index (χ1v) is 8.33. The molecule has 3 nitrogen and oxygen atoms in total. The summed E-state index contributed by atoms with van der Waals surface area (Å²) in [6.45, 7) is 3.74.